The first-order chi connectivity index (χ1) is 8.68. The maximum atomic E-state index is 10.4. The van der Waals surface area contributed by atoms with Crippen molar-refractivity contribution in [3.8, 4) is 0 Å². The molecule has 18 heavy (non-hydrogen) atoms. The molecule has 2 radical (unpaired) electrons. The van der Waals surface area contributed by atoms with Gasteiger partial charge in [0.05, 0.1) is 5.69 Å². The number of rotatable bonds is 4. The molecule has 2 aliphatic rings. The summed E-state index contributed by atoms with van der Waals surface area (Å²) in [5, 5.41) is 8.51. The lowest BCUT2D eigenvalue weighted by Crippen LogP contribution is -2.09. The number of carboxylic acid groups (broad SMARTS) is 1. The van der Waals surface area contributed by atoms with Gasteiger partial charge in [0.1, 0.15) is 0 Å². The van der Waals surface area contributed by atoms with E-state index in [-0.39, 0.29) is 0 Å². The maximum absolute atomic E-state index is 10.4. The molecule has 2 fully saturated rings. The van der Waals surface area contributed by atoms with Gasteiger partial charge in [0.15, 0.2) is 11.4 Å². The molecule has 6 nitrogen and oxygen atoms in total. The van der Waals surface area contributed by atoms with Crippen LogP contribution in [0.4, 0.5) is 0 Å². The molecule has 1 aromatic rings. The van der Waals surface area contributed by atoms with Crippen molar-refractivity contribution in [2.45, 2.75) is 5.62 Å². The Bertz CT molecular complexity index is 546. The molecule has 0 aliphatic carbocycles. The summed E-state index contributed by atoms with van der Waals surface area (Å²) in [5.41, 5.74) is 0.488. The molecule has 0 amide bonds. The van der Waals surface area contributed by atoms with Crippen molar-refractivity contribution in [3.63, 3.8) is 0 Å². The van der Waals surface area contributed by atoms with Crippen molar-refractivity contribution in [2.24, 2.45) is 4.99 Å². The molecule has 3 rings (SSSR count). The molecule has 2 saturated heterocycles. The summed E-state index contributed by atoms with van der Waals surface area (Å²) >= 11 is 0. The number of hydrogen-bond acceptors (Lipinski definition) is 5. The monoisotopic (exact) mass is 240 g/mol. The minimum atomic E-state index is -0.998. The Morgan fingerprint density at radius 1 is 1.56 bits per heavy atom. The van der Waals surface area contributed by atoms with Crippen molar-refractivity contribution in [1.29, 1.82) is 0 Å². The number of carboxylic acids is 1. The van der Waals surface area contributed by atoms with Crippen LogP contribution in [0, 0.1) is 0 Å². The van der Waals surface area contributed by atoms with E-state index in [0.717, 1.165) is 6.08 Å². The highest BCUT2D eigenvalue weighted by Gasteiger charge is 2.52. The van der Waals surface area contributed by atoms with Crippen molar-refractivity contribution in [2.75, 3.05) is 0 Å². The minimum Gasteiger partial charge on any atom is -0.549 e. The fraction of sp³-hybridized carbons (Fsp3) is 0.100. The predicted molar refractivity (Wildman–Crippen MR) is 63.7 cm³/mol. The molecule has 1 atom stereocenters. The Morgan fingerprint density at radius 3 is 2.83 bits per heavy atom. The zero-order valence-electron chi connectivity index (χ0n) is 9.11. The summed E-state index contributed by atoms with van der Waals surface area (Å²) in [5.74, 6) is -0.470. The summed E-state index contributed by atoms with van der Waals surface area (Å²) in [4.78, 5) is 18.8. The van der Waals surface area contributed by atoms with Gasteiger partial charge < -0.3 is 14.4 Å². The number of carbonyl (C=O) groups is 1. The largest absolute Gasteiger partial charge is 0.549 e. The van der Waals surface area contributed by atoms with E-state index in [4.69, 9.17) is 14.4 Å². The number of aliphatic carboxylic acids is 1. The molecular formula is C10H6B2N2O4. The maximum Gasteiger partial charge on any atom is 0.474 e. The molecular weight excluding hydrogens is 234 g/mol. The first kappa shape index (κ1) is 11.0. The second-order valence-electron chi connectivity index (χ2n) is 3.77. The van der Waals surface area contributed by atoms with Crippen LogP contribution >= 0.6 is 0 Å². The highest BCUT2D eigenvalue weighted by Crippen LogP contribution is 2.37. The van der Waals surface area contributed by atoms with Gasteiger partial charge in [-0.05, 0) is 17.7 Å². The molecule has 3 heterocycles. The van der Waals surface area contributed by atoms with Crippen LogP contribution in [0.25, 0.3) is 6.08 Å². The summed E-state index contributed by atoms with van der Waals surface area (Å²) < 4.78 is 10.00. The third kappa shape index (κ3) is 2.28. The average Bonchev–Trinajstić information content (AvgIpc) is 3.26. The van der Waals surface area contributed by atoms with Gasteiger partial charge >= 0.3 is 20.9 Å². The normalized spacial score (nSPS) is 26.3. The van der Waals surface area contributed by atoms with E-state index in [0.29, 0.717) is 17.1 Å². The molecule has 0 spiro atoms. The number of aliphatic imine (C=N–C) groups is 1. The van der Waals surface area contributed by atoms with E-state index < -0.39 is 11.6 Å². The lowest BCUT2D eigenvalue weighted by atomic mass is 9.92. The van der Waals surface area contributed by atoms with Crippen molar-refractivity contribution < 1.29 is 19.2 Å². The lowest BCUT2D eigenvalue weighted by Gasteiger charge is -2.06. The zero-order valence-corrected chi connectivity index (χ0v) is 9.11. The molecule has 0 aromatic carbocycles. The average molecular weight is 240 g/mol. The minimum absolute atomic E-state index is 0.528. The lowest BCUT2D eigenvalue weighted by molar-refractivity contribution is -0.131. The Labute approximate surface area is 104 Å². The fourth-order valence-corrected chi connectivity index (χ4v) is 1.41. The summed E-state index contributed by atoms with van der Waals surface area (Å²) in [6, 6.07) is 3.48. The quantitative estimate of drug-likeness (QED) is 0.452. The standard InChI is InChI=1S/C10H6B2N2O4/c15-8(16)4-2-6-1-3-7(13-5-6)10(12-18-10)14-9-11-17-9/h1-5H,(H,15,16)/b4-2+,14-9?. The van der Waals surface area contributed by atoms with Crippen LogP contribution in [-0.2, 0) is 19.7 Å². The Balaban J connectivity index is 1.79. The van der Waals surface area contributed by atoms with Gasteiger partial charge in [-0.15, -0.1) is 0 Å². The molecule has 1 aromatic heterocycles. The predicted octanol–water partition coefficient (Wildman–Crippen LogP) is -0.0555. The fourth-order valence-electron chi connectivity index (χ4n) is 1.41. The Kier molecular flexibility index (Phi) is 2.45. The topological polar surface area (TPSA) is 87.6 Å². The highest BCUT2D eigenvalue weighted by molar-refractivity contribution is 6.83. The second kappa shape index (κ2) is 3.99. The molecule has 1 N–H and O–H groups in total. The van der Waals surface area contributed by atoms with E-state index in [2.05, 4.69) is 9.98 Å². The van der Waals surface area contributed by atoms with Gasteiger partial charge in [0.2, 0.25) is 0 Å². The summed E-state index contributed by atoms with van der Waals surface area (Å²) in [6.07, 6.45) is 4.08. The molecule has 1 unspecified atom stereocenters. The molecule has 86 valence electrons. The molecule has 2 aliphatic heterocycles. The van der Waals surface area contributed by atoms with Gasteiger partial charge in [0, 0.05) is 12.3 Å². The van der Waals surface area contributed by atoms with Crippen molar-refractivity contribution in [3.05, 3.63) is 35.7 Å². The van der Waals surface area contributed by atoms with E-state index in [1.165, 1.54) is 13.6 Å². The summed E-state index contributed by atoms with van der Waals surface area (Å²) in [6.45, 7) is 0. The number of nitrogens with zero attached hydrogens (tertiary/aromatic N) is 2. The van der Waals surface area contributed by atoms with Crippen LogP contribution in [0.5, 0.6) is 0 Å². The SMILES string of the molecule is O=C(O)/C=C/c1ccc(C2(N=C3[B]O3)[B]O2)nc1. The van der Waals surface area contributed by atoms with Gasteiger partial charge in [0.25, 0.3) is 0 Å². The smallest absolute Gasteiger partial charge is 0.474 e. The first-order valence-corrected chi connectivity index (χ1v) is 5.17. The number of hydrogen-bond donors (Lipinski definition) is 1. The van der Waals surface area contributed by atoms with Gasteiger partial charge in [-0.25, -0.2) is 9.79 Å². The molecule has 0 saturated carbocycles. The number of pyridine rings is 1. The summed E-state index contributed by atoms with van der Waals surface area (Å²) in [7, 11) is 3.08. The van der Waals surface area contributed by atoms with E-state index in [9.17, 15) is 4.79 Å². The Hall–Kier alpha value is -2.08. The first-order valence-electron chi connectivity index (χ1n) is 5.17. The molecule has 0 bridgehead atoms. The van der Waals surface area contributed by atoms with E-state index in [1.54, 1.807) is 25.8 Å². The zero-order chi connectivity index (χ0) is 12.6. The van der Waals surface area contributed by atoms with Gasteiger partial charge in [-0.1, -0.05) is 6.07 Å². The number of aromatic nitrogens is 1. The second-order valence-corrected chi connectivity index (χ2v) is 3.77. The van der Waals surface area contributed by atoms with E-state index in [1.807, 2.05) is 0 Å². The van der Waals surface area contributed by atoms with Crippen LogP contribution in [0.15, 0.2) is 29.4 Å². The van der Waals surface area contributed by atoms with E-state index >= 15 is 0 Å². The van der Waals surface area contributed by atoms with Crippen LogP contribution in [0.3, 0.4) is 0 Å². The Morgan fingerprint density at radius 2 is 2.33 bits per heavy atom. The molecule has 8 heteroatoms. The van der Waals surface area contributed by atoms with Crippen LogP contribution in [0.2, 0.25) is 0 Å². The third-order valence-corrected chi connectivity index (χ3v) is 2.41. The third-order valence-electron chi connectivity index (χ3n) is 2.41. The highest BCUT2D eigenvalue weighted by atomic mass is 16.6. The van der Waals surface area contributed by atoms with Crippen LogP contribution in [0.1, 0.15) is 11.3 Å². The van der Waals surface area contributed by atoms with Gasteiger partial charge in [-0.2, -0.15) is 0 Å². The van der Waals surface area contributed by atoms with Crippen molar-refractivity contribution >= 4 is 32.8 Å². The van der Waals surface area contributed by atoms with Crippen LogP contribution < -0.4 is 0 Å². The van der Waals surface area contributed by atoms with Crippen molar-refractivity contribution in [1.82, 2.24) is 4.98 Å². The van der Waals surface area contributed by atoms with Crippen LogP contribution in [-0.4, -0.2) is 36.8 Å². The van der Waals surface area contributed by atoms with Gasteiger partial charge in [-0.3, -0.25) is 4.98 Å².